The lowest BCUT2D eigenvalue weighted by Gasteiger charge is -2.17. The summed E-state index contributed by atoms with van der Waals surface area (Å²) in [5.74, 6) is 0. The molecule has 0 N–H and O–H groups in total. The number of furan rings is 1. The van der Waals surface area contributed by atoms with Gasteiger partial charge in [-0.25, -0.2) is 0 Å². The first-order valence-electron chi connectivity index (χ1n) is 16.5. The highest BCUT2D eigenvalue weighted by molar-refractivity contribution is 6.28. The topological polar surface area (TPSA) is 18.1 Å². The molecule has 11 rings (SSSR count). The van der Waals surface area contributed by atoms with Crippen LogP contribution in [0, 0.1) is 0 Å². The van der Waals surface area contributed by atoms with Gasteiger partial charge in [-0.3, -0.25) is 0 Å². The second kappa shape index (κ2) is 9.57. The zero-order valence-electron chi connectivity index (χ0n) is 25.9. The fourth-order valence-corrected chi connectivity index (χ4v) is 8.26. The zero-order valence-corrected chi connectivity index (χ0v) is 25.9. The van der Waals surface area contributed by atoms with Gasteiger partial charge in [-0.15, -0.1) is 0 Å². The molecule has 0 aliphatic heterocycles. The zero-order chi connectivity index (χ0) is 31.3. The van der Waals surface area contributed by atoms with Crippen LogP contribution in [0.2, 0.25) is 0 Å². The molecule has 222 valence electrons. The molecule has 0 saturated heterocycles. The quantitative estimate of drug-likeness (QED) is 0.182. The molecule has 0 radical (unpaired) electrons. The lowest BCUT2D eigenvalue weighted by molar-refractivity contribution is 0.669. The Morgan fingerprint density at radius 1 is 0.333 bits per heavy atom. The van der Waals surface area contributed by atoms with Crippen LogP contribution in [0.15, 0.2) is 168 Å². The minimum absolute atomic E-state index is 0.922. The molecule has 2 aromatic heterocycles. The van der Waals surface area contributed by atoms with E-state index in [1.807, 2.05) is 6.07 Å². The molecule has 0 bridgehead atoms. The molecule has 0 amide bonds. The van der Waals surface area contributed by atoms with Crippen LogP contribution in [0.3, 0.4) is 0 Å². The Hall–Kier alpha value is -6.38. The van der Waals surface area contributed by atoms with E-state index in [0.29, 0.717) is 0 Å². The summed E-state index contributed by atoms with van der Waals surface area (Å²) >= 11 is 0. The molecular formula is C46H27NO. The maximum atomic E-state index is 6.29. The summed E-state index contributed by atoms with van der Waals surface area (Å²) < 4.78 is 8.68. The minimum Gasteiger partial charge on any atom is -0.456 e. The molecule has 0 aliphatic carbocycles. The Morgan fingerprint density at radius 3 is 1.67 bits per heavy atom. The Morgan fingerprint density at radius 2 is 0.938 bits per heavy atom. The smallest absolute Gasteiger partial charge is 0.136 e. The van der Waals surface area contributed by atoms with Crippen molar-refractivity contribution in [2.75, 3.05) is 0 Å². The van der Waals surface area contributed by atoms with Crippen molar-refractivity contribution in [1.82, 2.24) is 4.57 Å². The number of hydrogen-bond acceptors (Lipinski definition) is 1. The maximum absolute atomic E-state index is 6.29. The van der Waals surface area contributed by atoms with Gasteiger partial charge in [0.25, 0.3) is 0 Å². The predicted molar refractivity (Wildman–Crippen MR) is 203 cm³/mol. The van der Waals surface area contributed by atoms with Crippen LogP contribution < -0.4 is 0 Å². The summed E-state index contributed by atoms with van der Waals surface area (Å²) in [7, 11) is 0. The fraction of sp³-hybridized carbons (Fsp3) is 0. The van der Waals surface area contributed by atoms with Gasteiger partial charge >= 0.3 is 0 Å². The van der Waals surface area contributed by atoms with Gasteiger partial charge in [-0.05, 0) is 91.0 Å². The molecule has 2 heteroatoms. The van der Waals surface area contributed by atoms with Crippen molar-refractivity contribution < 1.29 is 4.42 Å². The molecule has 2 heterocycles. The number of nitrogens with zero attached hydrogens (tertiary/aromatic N) is 1. The molecule has 0 saturated carbocycles. The van der Waals surface area contributed by atoms with E-state index >= 15 is 0 Å². The monoisotopic (exact) mass is 609 g/mol. The summed E-state index contributed by atoms with van der Waals surface area (Å²) in [4.78, 5) is 0. The van der Waals surface area contributed by atoms with Gasteiger partial charge in [0.15, 0.2) is 0 Å². The van der Waals surface area contributed by atoms with E-state index in [4.69, 9.17) is 4.42 Å². The van der Waals surface area contributed by atoms with Crippen molar-refractivity contribution in [3.63, 3.8) is 0 Å². The van der Waals surface area contributed by atoms with Gasteiger partial charge in [0.05, 0.1) is 11.0 Å². The Bertz CT molecular complexity index is 3030. The lowest BCUT2D eigenvalue weighted by Crippen LogP contribution is -1.94. The number of para-hydroxylation sites is 2. The van der Waals surface area contributed by atoms with Crippen LogP contribution in [0.4, 0.5) is 0 Å². The van der Waals surface area contributed by atoms with E-state index in [1.54, 1.807) is 0 Å². The first kappa shape index (κ1) is 25.8. The third-order valence-corrected chi connectivity index (χ3v) is 10.4. The van der Waals surface area contributed by atoms with E-state index in [1.165, 1.54) is 81.8 Å². The maximum Gasteiger partial charge on any atom is 0.136 e. The van der Waals surface area contributed by atoms with E-state index < -0.39 is 0 Å². The van der Waals surface area contributed by atoms with Crippen LogP contribution in [0.1, 0.15) is 0 Å². The highest BCUT2D eigenvalue weighted by Crippen LogP contribution is 2.44. The van der Waals surface area contributed by atoms with Gasteiger partial charge < -0.3 is 8.98 Å². The third kappa shape index (κ3) is 3.46. The molecule has 0 unspecified atom stereocenters. The number of aromatic nitrogens is 1. The molecule has 0 spiro atoms. The fourth-order valence-electron chi connectivity index (χ4n) is 8.26. The summed E-state index contributed by atoms with van der Waals surface area (Å²) in [6, 6.07) is 59.5. The van der Waals surface area contributed by atoms with Gasteiger partial charge in [0.1, 0.15) is 11.2 Å². The van der Waals surface area contributed by atoms with Gasteiger partial charge in [-0.1, -0.05) is 127 Å². The van der Waals surface area contributed by atoms with Crippen LogP contribution >= 0.6 is 0 Å². The van der Waals surface area contributed by atoms with Crippen molar-refractivity contribution in [2.24, 2.45) is 0 Å². The molecule has 0 fully saturated rings. The average molecular weight is 610 g/mol. The number of hydrogen-bond donors (Lipinski definition) is 0. The lowest BCUT2D eigenvalue weighted by atomic mass is 9.87. The molecule has 9 aromatic carbocycles. The number of fused-ring (bicyclic) bond motifs is 7. The van der Waals surface area contributed by atoms with Crippen molar-refractivity contribution in [2.45, 2.75) is 0 Å². The van der Waals surface area contributed by atoms with E-state index in [9.17, 15) is 0 Å². The van der Waals surface area contributed by atoms with Gasteiger partial charge in [0.2, 0.25) is 0 Å². The number of benzene rings is 9. The average Bonchev–Trinajstić information content (AvgIpc) is 3.70. The van der Waals surface area contributed by atoms with E-state index in [-0.39, 0.29) is 0 Å². The molecule has 48 heavy (non-hydrogen) atoms. The van der Waals surface area contributed by atoms with E-state index in [2.05, 4.69) is 162 Å². The van der Waals surface area contributed by atoms with Crippen molar-refractivity contribution in [3.8, 4) is 27.9 Å². The normalized spacial score (nSPS) is 12.2. The Labute approximate surface area is 276 Å². The first-order valence-corrected chi connectivity index (χ1v) is 16.5. The summed E-state index contributed by atoms with van der Waals surface area (Å²) in [5, 5.41) is 12.6. The first-order chi connectivity index (χ1) is 23.8. The largest absolute Gasteiger partial charge is 0.456 e. The summed E-state index contributed by atoms with van der Waals surface area (Å²) in [5.41, 5.74) is 10.3. The highest BCUT2D eigenvalue weighted by atomic mass is 16.3. The standard InChI is InChI=1S/C46H27NO/c1-2-8-28(9-3-1)33-22-16-30-19-25-36-34(23-17-31-18-24-35(33)43(30)44(31)36)29-14-20-32(21-15-29)47-39-12-6-4-10-37(39)45-40(47)26-27-42-46(45)38-11-5-7-13-41(38)48-42/h1-27H. The second-order valence-electron chi connectivity index (χ2n) is 12.8. The molecule has 2 nitrogen and oxygen atoms in total. The van der Waals surface area contributed by atoms with Crippen molar-refractivity contribution >= 4 is 76.1 Å². The third-order valence-electron chi connectivity index (χ3n) is 10.4. The van der Waals surface area contributed by atoms with Crippen molar-refractivity contribution in [3.05, 3.63) is 164 Å². The molecule has 0 aliphatic rings. The highest BCUT2D eigenvalue weighted by Gasteiger charge is 2.19. The van der Waals surface area contributed by atoms with Crippen LogP contribution in [0.5, 0.6) is 0 Å². The second-order valence-corrected chi connectivity index (χ2v) is 12.8. The SMILES string of the molecule is c1ccc(-c2ccc3ccc4c(-c5ccc(-n6c7ccccc7c7c8c(ccc76)oc6ccccc68)cc5)ccc5ccc2c3c54)cc1. The predicted octanol–water partition coefficient (Wildman–Crippen LogP) is 12.9. The van der Waals surface area contributed by atoms with Crippen molar-refractivity contribution in [1.29, 1.82) is 0 Å². The van der Waals surface area contributed by atoms with Crippen LogP contribution in [-0.2, 0) is 0 Å². The Balaban J connectivity index is 1.11. The Kier molecular flexibility index (Phi) is 5.14. The summed E-state index contributed by atoms with van der Waals surface area (Å²) in [6.45, 7) is 0. The molecular weight excluding hydrogens is 583 g/mol. The molecule has 0 atom stereocenters. The van der Waals surface area contributed by atoms with E-state index in [0.717, 1.165) is 22.2 Å². The number of rotatable bonds is 3. The van der Waals surface area contributed by atoms with Crippen LogP contribution in [0.25, 0.3) is 104 Å². The summed E-state index contributed by atoms with van der Waals surface area (Å²) in [6.07, 6.45) is 0. The van der Waals surface area contributed by atoms with Gasteiger partial charge in [-0.2, -0.15) is 0 Å². The van der Waals surface area contributed by atoms with Crippen LogP contribution in [-0.4, -0.2) is 4.57 Å². The minimum atomic E-state index is 0.922. The van der Waals surface area contributed by atoms with Gasteiger partial charge in [0, 0.05) is 27.2 Å². The molecule has 11 aromatic rings.